The summed E-state index contributed by atoms with van der Waals surface area (Å²) in [4.78, 5) is 23.6. The van der Waals surface area contributed by atoms with Crippen LogP contribution in [0.1, 0.15) is 23.2 Å². The lowest BCUT2D eigenvalue weighted by atomic mass is 10.1. The number of rotatable bonds is 8. The predicted octanol–water partition coefficient (Wildman–Crippen LogP) is 3.28. The number of nitrogens with one attached hydrogen (secondary N) is 1. The Bertz CT molecular complexity index is 996. The normalized spacial score (nSPS) is 11.1. The molecule has 0 aromatic heterocycles. The maximum atomic E-state index is 12.2. The summed E-state index contributed by atoms with van der Waals surface area (Å²) in [6, 6.07) is 10.9. The van der Waals surface area contributed by atoms with Crippen molar-refractivity contribution in [2.45, 2.75) is 12.8 Å². The topological polar surface area (TPSA) is 110 Å². The van der Waals surface area contributed by atoms with Gasteiger partial charge in [-0.1, -0.05) is 35.3 Å². The number of sulfonamides is 1. The van der Waals surface area contributed by atoms with Gasteiger partial charge in [-0.3, -0.25) is 13.9 Å². The fraction of sp³-hybridized carbons (Fsp3) is 0.222. The molecular weight excluding hydrogens is 425 g/mol. The first-order valence-corrected chi connectivity index (χ1v) is 10.8. The second-order valence-corrected chi connectivity index (χ2v) is 8.72. The van der Waals surface area contributed by atoms with E-state index < -0.39 is 15.9 Å². The number of nitrogens with zero attached hydrogens (tertiary/aromatic N) is 1. The van der Waals surface area contributed by atoms with E-state index in [1.165, 1.54) is 18.2 Å². The SMILES string of the molecule is CS(=O)(=O)N(CCCC(=O)Nc1ccccc1C(N)=O)c1ccc(Cl)c(Cl)c1. The molecule has 2 aromatic carbocycles. The Morgan fingerprint density at radius 3 is 2.39 bits per heavy atom. The summed E-state index contributed by atoms with van der Waals surface area (Å²) in [7, 11) is -3.58. The first-order valence-electron chi connectivity index (χ1n) is 8.21. The number of nitrogens with two attached hydrogens (primary N) is 1. The Hall–Kier alpha value is -2.29. The zero-order valence-electron chi connectivity index (χ0n) is 15.0. The number of hydrogen-bond acceptors (Lipinski definition) is 4. The molecule has 0 bridgehead atoms. The molecule has 2 amide bonds. The third-order valence-electron chi connectivity index (χ3n) is 3.82. The molecule has 3 N–H and O–H groups in total. The van der Waals surface area contributed by atoms with Gasteiger partial charge in [0.15, 0.2) is 0 Å². The summed E-state index contributed by atoms with van der Waals surface area (Å²) >= 11 is 11.8. The van der Waals surface area contributed by atoms with Crippen molar-refractivity contribution in [3.63, 3.8) is 0 Å². The smallest absolute Gasteiger partial charge is 0.250 e. The summed E-state index contributed by atoms with van der Waals surface area (Å²) in [6.45, 7) is 0.0711. The van der Waals surface area contributed by atoms with Gasteiger partial charge < -0.3 is 11.1 Å². The summed E-state index contributed by atoms with van der Waals surface area (Å²) in [5, 5.41) is 3.16. The minimum atomic E-state index is -3.58. The molecule has 0 aliphatic heterocycles. The van der Waals surface area contributed by atoms with Crippen molar-refractivity contribution in [3.8, 4) is 0 Å². The molecule has 28 heavy (non-hydrogen) atoms. The first-order chi connectivity index (χ1) is 13.1. The van der Waals surface area contributed by atoms with E-state index in [4.69, 9.17) is 28.9 Å². The maximum Gasteiger partial charge on any atom is 0.250 e. The van der Waals surface area contributed by atoms with Crippen molar-refractivity contribution in [3.05, 3.63) is 58.1 Å². The second kappa shape index (κ2) is 9.27. The molecule has 0 atom stereocenters. The molecule has 0 heterocycles. The largest absolute Gasteiger partial charge is 0.366 e. The van der Waals surface area contributed by atoms with Crippen LogP contribution >= 0.6 is 23.2 Å². The Morgan fingerprint density at radius 1 is 1.11 bits per heavy atom. The van der Waals surface area contributed by atoms with Gasteiger partial charge in [-0.2, -0.15) is 0 Å². The number of anilines is 2. The van der Waals surface area contributed by atoms with Crippen molar-refractivity contribution in [1.29, 1.82) is 0 Å². The van der Waals surface area contributed by atoms with Crippen molar-refractivity contribution in [2.75, 3.05) is 22.4 Å². The Morgan fingerprint density at radius 2 is 1.79 bits per heavy atom. The summed E-state index contributed by atoms with van der Waals surface area (Å²) in [5.74, 6) is -1.02. The lowest BCUT2D eigenvalue weighted by Gasteiger charge is -2.22. The Balaban J connectivity index is 2.04. The van der Waals surface area contributed by atoms with Gasteiger partial charge in [-0.05, 0) is 36.8 Å². The molecule has 0 radical (unpaired) electrons. The van der Waals surface area contributed by atoms with Crippen LogP contribution in [0.5, 0.6) is 0 Å². The Labute approximate surface area is 173 Å². The molecule has 0 spiro atoms. The molecule has 2 aromatic rings. The lowest BCUT2D eigenvalue weighted by molar-refractivity contribution is -0.116. The van der Waals surface area contributed by atoms with Crippen molar-refractivity contribution < 1.29 is 18.0 Å². The van der Waals surface area contributed by atoms with Crippen LogP contribution in [0.15, 0.2) is 42.5 Å². The van der Waals surface area contributed by atoms with E-state index >= 15 is 0 Å². The van der Waals surface area contributed by atoms with E-state index in [-0.39, 0.29) is 35.9 Å². The van der Waals surface area contributed by atoms with Crippen LogP contribution in [0, 0.1) is 0 Å². The molecule has 0 aliphatic carbocycles. The van der Waals surface area contributed by atoms with Gasteiger partial charge in [0, 0.05) is 13.0 Å². The molecular formula is C18H19Cl2N3O4S. The average Bonchev–Trinajstić information content (AvgIpc) is 2.60. The highest BCUT2D eigenvalue weighted by Gasteiger charge is 2.19. The van der Waals surface area contributed by atoms with Crippen LogP contribution in [0.3, 0.4) is 0 Å². The van der Waals surface area contributed by atoms with E-state index in [1.807, 2.05) is 0 Å². The van der Waals surface area contributed by atoms with Crippen LogP contribution in [0.25, 0.3) is 0 Å². The predicted molar refractivity (Wildman–Crippen MR) is 111 cm³/mol. The standard InChI is InChI=1S/C18H19Cl2N3O4S/c1-28(26,27)23(12-8-9-14(19)15(20)11-12)10-4-7-17(24)22-16-6-3-2-5-13(16)18(21)25/h2-3,5-6,8-9,11H,4,7,10H2,1H3,(H2,21,25)(H,22,24). The zero-order chi connectivity index (χ0) is 20.9. The second-order valence-electron chi connectivity index (χ2n) is 6.00. The zero-order valence-corrected chi connectivity index (χ0v) is 17.3. The molecule has 0 saturated carbocycles. The third kappa shape index (κ3) is 5.85. The van der Waals surface area contributed by atoms with Gasteiger partial charge in [0.25, 0.3) is 5.91 Å². The van der Waals surface area contributed by atoms with Crippen LogP contribution in [-0.2, 0) is 14.8 Å². The summed E-state index contributed by atoms with van der Waals surface area (Å²) in [6.07, 6.45) is 1.36. The summed E-state index contributed by atoms with van der Waals surface area (Å²) in [5.41, 5.74) is 6.15. The number of amides is 2. The summed E-state index contributed by atoms with van der Waals surface area (Å²) < 4.78 is 25.4. The fourth-order valence-corrected chi connectivity index (χ4v) is 3.78. The minimum absolute atomic E-state index is 0.0421. The highest BCUT2D eigenvalue weighted by Crippen LogP contribution is 2.28. The van der Waals surface area contributed by atoms with Crippen molar-refractivity contribution >= 4 is 56.4 Å². The molecule has 150 valence electrons. The van der Waals surface area contributed by atoms with Crippen molar-refractivity contribution in [2.24, 2.45) is 5.73 Å². The van der Waals surface area contributed by atoms with E-state index in [9.17, 15) is 18.0 Å². The van der Waals surface area contributed by atoms with Crippen LogP contribution in [0.2, 0.25) is 10.0 Å². The number of halogens is 2. The van der Waals surface area contributed by atoms with Gasteiger partial charge in [0.1, 0.15) is 0 Å². The van der Waals surface area contributed by atoms with Gasteiger partial charge in [0.2, 0.25) is 15.9 Å². The highest BCUT2D eigenvalue weighted by atomic mass is 35.5. The minimum Gasteiger partial charge on any atom is -0.366 e. The molecule has 0 aliphatic rings. The van der Waals surface area contributed by atoms with Crippen LogP contribution in [-0.4, -0.2) is 33.0 Å². The average molecular weight is 444 g/mol. The maximum absolute atomic E-state index is 12.2. The molecule has 2 rings (SSSR count). The number of hydrogen-bond donors (Lipinski definition) is 2. The number of carbonyl (C=O) groups excluding carboxylic acids is 2. The molecule has 0 saturated heterocycles. The molecule has 10 heteroatoms. The fourth-order valence-electron chi connectivity index (χ4n) is 2.53. The first kappa shape index (κ1) is 22.0. The Kier molecular flexibility index (Phi) is 7.29. The van der Waals surface area contributed by atoms with Gasteiger partial charge in [0.05, 0.1) is 33.2 Å². The quantitative estimate of drug-likeness (QED) is 0.651. The van der Waals surface area contributed by atoms with E-state index in [1.54, 1.807) is 24.3 Å². The monoisotopic (exact) mass is 443 g/mol. The van der Waals surface area contributed by atoms with E-state index in [0.29, 0.717) is 16.4 Å². The lowest BCUT2D eigenvalue weighted by Crippen LogP contribution is -2.31. The van der Waals surface area contributed by atoms with Crippen LogP contribution in [0.4, 0.5) is 11.4 Å². The van der Waals surface area contributed by atoms with Crippen LogP contribution < -0.4 is 15.4 Å². The van der Waals surface area contributed by atoms with Crippen molar-refractivity contribution in [1.82, 2.24) is 0 Å². The third-order valence-corrected chi connectivity index (χ3v) is 5.76. The molecule has 7 nitrogen and oxygen atoms in total. The molecule has 0 unspecified atom stereocenters. The number of carbonyl (C=O) groups is 2. The number of primary amides is 1. The van der Waals surface area contributed by atoms with Gasteiger partial charge in [-0.15, -0.1) is 0 Å². The van der Waals surface area contributed by atoms with E-state index in [2.05, 4.69) is 5.32 Å². The van der Waals surface area contributed by atoms with Gasteiger partial charge in [-0.25, -0.2) is 8.42 Å². The molecule has 0 fully saturated rings. The van der Waals surface area contributed by atoms with Gasteiger partial charge >= 0.3 is 0 Å². The number of benzene rings is 2. The number of para-hydroxylation sites is 1. The highest BCUT2D eigenvalue weighted by molar-refractivity contribution is 7.92. The van der Waals surface area contributed by atoms with E-state index in [0.717, 1.165) is 10.6 Å².